The summed E-state index contributed by atoms with van der Waals surface area (Å²) in [6, 6.07) is 1.18. The first kappa shape index (κ1) is 9.35. The first-order chi connectivity index (χ1) is 4.13. The Kier molecular flexibility index (Phi) is 5.36. The predicted octanol–water partition coefficient (Wildman–Crippen LogP) is 1.49. The Balaban J connectivity index is 2.91. The summed E-state index contributed by atoms with van der Waals surface area (Å²) in [6.07, 6.45) is 0. The zero-order valence-electron chi connectivity index (χ0n) is 6.65. The third-order valence-electron chi connectivity index (χ3n) is 0.722. The van der Waals surface area contributed by atoms with E-state index in [-0.39, 0.29) is 0 Å². The summed E-state index contributed by atoms with van der Waals surface area (Å²) in [5.74, 6) is 0. The lowest BCUT2D eigenvalue weighted by Crippen LogP contribution is -2.22. The van der Waals surface area contributed by atoms with Crippen LogP contribution in [0.1, 0.15) is 27.7 Å². The molecule has 0 aromatic heterocycles. The molecule has 0 aliphatic heterocycles. The third-order valence-corrected chi connectivity index (χ3v) is 2.17. The van der Waals surface area contributed by atoms with Gasteiger partial charge in [-0.1, -0.05) is 0 Å². The molecule has 0 amide bonds. The molecule has 0 fully saturated rings. The lowest BCUT2D eigenvalue weighted by molar-refractivity contribution is 0.723. The fourth-order valence-electron chi connectivity index (χ4n) is 0.330. The highest BCUT2D eigenvalue weighted by Gasteiger charge is 1.91. The second-order valence-corrected chi connectivity index (χ2v) is 3.55. The minimum absolute atomic E-state index is 0.592. The summed E-state index contributed by atoms with van der Waals surface area (Å²) in [6.45, 7) is 8.59. The van der Waals surface area contributed by atoms with E-state index in [0.29, 0.717) is 21.0 Å². The molecule has 0 aliphatic rings. The zero-order valence-corrected chi connectivity index (χ0v) is 7.65. The average Bonchev–Trinajstić information content (AvgIpc) is 1.63. The first-order valence-electron chi connectivity index (χ1n) is 3.39. The summed E-state index contributed by atoms with van der Waals surface area (Å²) >= 11 is 0. The van der Waals surface area contributed by atoms with Crippen molar-refractivity contribution in [1.82, 2.24) is 10.2 Å². The van der Waals surface area contributed by atoms with Gasteiger partial charge in [-0.2, -0.15) is 0 Å². The van der Waals surface area contributed by atoms with Crippen molar-refractivity contribution in [2.24, 2.45) is 0 Å². The molecule has 0 unspecified atom stereocenters. The molecule has 2 N–H and O–H groups in total. The lowest BCUT2D eigenvalue weighted by atomic mass is 10.4. The molecule has 0 aromatic rings. The predicted molar refractivity (Wildman–Crippen MR) is 44.9 cm³/mol. The molecule has 0 bridgehead atoms. The molecule has 0 spiro atoms. The average molecular weight is 148 g/mol. The van der Waals surface area contributed by atoms with Gasteiger partial charge in [0.25, 0.3) is 0 Å². The molecule has 0 aliphatic carbocycles. The Bertz CT molecular complexity index is 56.1. The van der Waals surface area contributed by atoms with Crippen molar-refractivity contribution in [3.8, 4) is 0 Å². The van der Waals surface area contributed by atoms with Crippen LogP contribution in [-0.2, 0) is 0 Å². The quantitative estimate of drug-likeness (QED) is 0.590. The number of rotatable bonds is 4. The second-order valence-electron chi connectivity index (χ2n) is 2.72. The van der Waals surface area contributed by atoms with Gasteiger partial charge < -0.3 is 0 Å². The summed E-state index contributed by atoms with van der Waals surface area (Å²) in [5.41, 5.74) is 0. The zero-order chi connectivity index (χ0) is 7.28. The van der Waals surface area contributed by atoms with Gasteiger partial charge in [-0.05, 0) is 27.7 Å². The lowest BCUT2D eigenvalue weighted by Gasteiger charge is -2.10. The molecule has 0 atom stereocenters. The molecule has 0 aromatic carbocycles. The van der Waals surface area contributed by atoms with Gasteiger partial charge >= 0.3 is 0 Å². The van der Waals surface area contributed by atoms with Gasteiger partial charge in [0.05, 0.1) is 0 Å². The highest BCUT2D eigenvalue weighted by molar-refractivity contribution is 7.33. The summed E-state index contributed by atoms with van der Waals surface area (Å²) in [4.78, 5) is 0. The van der Waals surface area contributed by atoms with Crippen LogP contribution in [0.3, 0.4) is 0 Å². The van der Waals surface area contributed by atoms with E-state index in [2.05, 4.69) is 37.9 Å². The molecule has 56 valence electrons. The topological polar surface area (TPSA) is 24.1 Å². The molecular weight excluding hydrogens is 131 g/mol. The van der Waals surface area contributed by atoms with Crippen LogP contribution in [0.15, 0.2) is 0 Å². The molecular formula is C6H17N2P. The van der Waals surface area contributed by atoms with Crippen molar-refractivity contribution in [3.63, 3.8) is 0 Å². The van der Waals surface area contributed by atoms with Crippen LogP contribution < -0.4 is 10.2 Å². The van der Waals surface area contributed by atoms with Crippen molar-refractivity contribution in [3.05, 3.63) is 0 Å². The Morgan fingerprint density at radius 1 is 0.889 bits per heavy atom. The minimum Gasteiger partial charge on any atom is -0.284 e. The molecule has 9 heavy (non-hydrogen) atoms. The molecule has 0 rings (SSSR count). The minimum atomic E-state index is 0.592. The van der Waals surface area contributed by atoms with Crippen LogP contribution in [0.2, 0.25) is 0 Å². The van der Waals surface area contributed by atoms with Crippen LogP contribution in [0, 0.1) is 0 Å². The van der Waals surface area contributed by atoms with E-state index in [4.69, 9.17) is 0 Å². The Morgan fingerprint density at radius 2 is 1.22 bits per heavy atom. The van der Waals surface area contributed by atoms with Crippen LogP contribution in [-0.4, -0.2) is 12.1 Å². The van der Waals surface area contributed by atoms with Gasteiger partial charge in [0.1, 0.15) is 0 Å². The number of hydrogen-bond acceptors (Lipinski definition) is 2. The van der Waals surface area contributed by atoms with Crippen molar-refractivity contribution >= 4 is 8.88 Å². The second kappa shape index (κ2) is 5.16. The SMILES string of the molecule is CC(C)NPNC(C)C. The maximum atomic E-state index is 3.29. The van der Waals surface area contributed by atoms with Gasteiger partial charge in [-0.3, -0.25) is 10.2 Å². The Morgan fingerprint density at radius 3 is 1.44 bits per heavy atom. The van der Waals surface area contributed by atoms with Crippen LogP contribution in [0.5, 0.6) is 0 Å². The van der Waals surface area contributed by atoms with Crippen molar-refractivity contribution in [2.45, 2.75) is 39.8 Å². The molecule has 0 saturated heterocycles. The Hall–Kier alpha value is 0.350. The van der Waals surface area contributed by atoms with E-state index >= 15 is 0 Å². The molecule has 2 nitrogen and oxygen atoms in total. The van der Waals surface area contributed by atoms with Crippen molar-refractivity contribution < 1.29 is 0 Å². The van der Waals surface area contributed by atoms with E-state index in [1.807, 2.05) is 0 Å². The number of nitrogens with one attached hydrogen (secondary N) is 2. The first-order valence-corrected chi connectivity index (χ1v) is 4.39. The highest BCUT2D eigenvalue weighted by Crippen LogP contribution is 1.99. The van der Waals surface area contributed by atoms with Gasteiger partial charge in [0.2, 0.25) is 0 Å². The maximum absolute atomic E-state index is 3.29. The van der Waals surface area contributed by atoms with Gasteiger partial charge in [0, 0.05) is 21.0 Å². The van der Waals surface area contributed by atoms with Crippen LogP contribution in [0.4, 0.5) is 0 Å². The summed E-state index contributed by atoms with van der Waals surface area (Å²) < 4.78 is 0. The maximum Gasteiger partial charge on any atom is 0.0188 e. The van der Waals surface area contributed by atoms with E-state index in [9.17, 15) is 0 Å². The van der Waals surface area contributed by atoms with E-state index in [0.717, 1.165) is 0 Å². The van der Waals surface area contributed by atoms with Crippen molar-refractivity contribution in [1.29, 1.82) is 0 Å². The smallest absolute Gasteiger partial charge is 0.0188 e. The van der Waals surface area contributed by atoms with E-state index in [1.165, 1.54) is 0 Å². The van der Waals surface area contributed by atoms with Gasteiger partial charge in [-0.25, -0.2) is 0 Å². The fraction of sp³-hybridized carbons (Fsp3) is 1.00. The highest BCUT2D eigenvalue weighted by atomic mass is 31.1. The van der Waals surface area contributed by atoms with E-state index < -0.39 is 0 Å². The van der Waals surface area contributed by atoms with Gasteiger partial charge in [-0.15, -0.1) is 0 Å². The normalized spacial score (nSPS) is 11.3. The van der Waals surface area contributed by atoms with Crippen molar-refractivity contribution in [2.75, 3.05) is 0 Å². The van der Waals surface area contributed by atoms with Crippen LogP contribution >= 0.6 is 8.88 Å². The monoisotopic (exact) mass is 148 g/mol. The molecule has 0 radical (unpaired) electrons. The van der Waals surface area contributed by atoms with Gasteiger partial charge in [0.15, 0.2) is 0 Å². The molecule has 0 saturated carbocycles. The fourth-order valence-corrected chi connectivity index (χ4v) is 0.991. The van der Waals surface area contributed by atoms with Crippen LogP contribution in [0.25, 0.3) is 0 Å². The summed E-state index contributed by atoms with van der Waals surface area (Å²) in [5, 5.41) is 6.59. The molecule has 3 heteroatoms. The van der Waals surface area contributed by atoms with E-state index in [1.54, 1.807) is 0 Å². The standard InChI is InChI=1S/C6H17N2P/c1-5(2)7-9-8-6(3)4/h5-9H,1-4H3. The number of hydrogen-bond donors (Lipinski definition) is 2. The Labute approximate surface area is 59.7 Å². The molecule has 0 heterocycles. The third kappa shape index (κ3) is 8.35. The summed E-state index contributed by atoms with van der Waals surface area (Å²) in [7, 11) is 0.693. The largest absolute Gasteiger partial charge is 0.284 e.